The van der Waals surface area contributed by atoms with E-state index in [0.717, 1.165) is 63.7 Å². The number of nitrogens with zero attached hydrogens (tertiary/aromatic N) is 1. The van der Waals surface area contributed by atoms with Crippen molar-refractivity contribution in [3.8, 4) is 5.75 Å². The molecule has 27 heavy (non-hydrogen) atoms. The van der Waals surface area contributed by atoms with Crippen molar-refractivity contribution in [2.45, 2.75) is 69.6 Å². The van der Waals surface area contributed by atoms with Gasteiger partial charge in [-0.2, -0.15) is 0 Å². The number of ether oxygens (including phenoxy) is 3. The molecule has 1 aromatic carbocycles. The van der Waals surface area contributed by atoms with Crippen molar-refractivity contribution in [3.05, 3.63) is 29.3 Å². The highest BCUT2D eigenvalue weighted by molar-refractivity contribution is 5.82. The molecule has 2 fully saturated rings. The summed E-state index contributed by atoms with van der Waals surface area (Å²) in [4.78, 5) is 15.4. The van der Waals surface area contributed by atoms with Gasteiger partial charge < -0.3 is 19.1 Å². The third-order valence-corrected chi connectivity index (χ3v) is 5.91. The van der Waals surface area contributed by atoms with E-state index in [1.807, 2.05) is 0 Å². The number of methoxy groups -OCH3 is 1. The zero-order valence-electron chi connectivity index (χ0n) is 16.3. The molecule has 5 heteroatoms. The Kier molecular flexibility index (Phi) is 5.98. The molecule has 1 aliphatic heterocycles. The molecule has 3 aliphatic rings. The van der Waals surface area contributed by atoms with Gasteiger partial charge in [0.25, 0.3) is 5.91 Å². The molecule has 4 rings (SSSR count). The molecule has 0 unspecified atom stereocenters. The number of fused-ring (bicyclic) bond motifs is 1. The molecule has 1 saturated carbocycles. The number of hydrogen-bond donors (Lipinski definition) is 0. The molecule has 5 nitrogen and oxygen atoms in total. The van der Waals surface area contributed by atoms with Gasteiger partial charge in [-0.1, -0.05) is 6.07 Å². The summed E-state index contributed by atoms with van der Waals surface area (Å²) in [7, 11) is 1.71. The first-order valence-electron chi connectivity index (χ1n) is 10.5. The number of carbonyl (C=O) groups is 1. The number of hydrogen-bond acceptors (Lipinski definition) is 4. The lowest BCUT2D eigenvalue weighted by Crippen LogP contribution is -2.44. The van der Waals surface area contributed by atoms with Gasteiger partial charge in [0.2, 0.25) is 0 Å². The average Bonchev–Trinajstić information content (AvgIpc) is 3.46. The Hall–Kier alpha value is -1.59. The fraction of sp³-hybridized carbons (Fsp3) is 0.682. The highest BCUT2D eigenvalue weighted by Crippen LogP contribution is 2.43. The SMILES string of the molecule is COCCCOc1ccc2c(c1)[C@@H](N(C(=O)[C@H]1CCCCO1)C1CC1)CC2. The number of aryl methyl sites for hydroxylation is 1. The van der Waals surface area contributed by atoms with Crippen molar-refractivity contribution in [1.82, 2.24) is 4.90 Å². The first-order valence-corrected chi connectivity index (χ1v) is 10.5. The highest BCUT2D eigenvalue weighted by Gasteiger charge is 2.43. The minimum absolute atomic E-state index is 0.174. The Bertz CT molecular complexity index is 652. The van der Waals surface area contributed by atoms with E-state index >= 15 is 0 Å². The van der Waals surface area contributed by atoms with Crippen LogP contribution < -0.4 is 4.74 Å². The van der Waals surface area contributed by atoms with E-state index in [0.29, 0.717) is 19.3 Å². The van der Waals surface area contributed by atoms with Crippen molar-refractivity contribution < 1.29 is 19.0 Å². The summed E-state index contributed by atoms with van der Waals surface area (Å²) in [6, 6.07) is 6.96. The van der Waals surface area contributed by atoms with Gasteiger partial charge in [-0.05, 0) is 68.2 Å². The lowest BCUT2D eigenvalue weighted by molar-refractivity contribution is -0.149. The molecule has 148 valence electrons. The molecular weight excluding hydrogens is 342 g/mol. The van der Waals surface area contributed by atoms with E-state index in [4.69, 9.17) is 14.2 Å². The normalized spacial score (nSPS) is 24.5. The zero-order valence-corrected chi connectivity index (χ0v) is 16.3. The molecule has 0 radical (unpaired) electrons. The molecule has 0 bridgehead atoms. The molecule has 2 atom stereocenters. The minimum Gasteiger partial charge on any atom is -0.493 e. The summed E-state index contributed by atoms with van der Waals surface area (Å²) in [5.74, 6) is 1.11. The summed E-state index contributed by atoms with van der Waals surface area (Å²) < 4.78 is 16.8. The van der Waals surface area contributed by atoms with Gasteiger partial charge in [0.05, 0.1) is 12.6 Å². The molecule has 0 N–H and O–H groups in total. The zero-order chi connectivity index (χ0) is 18.6. The van der Waals surface area contributed by atoms with Gasteiger partial charge in [-0.25, -0.2) is 0 Å². The van der Waals surface area contributed by atoms with Gasteiger partial charge in [-0.15, -0.1) is 0 Å². The molecule has 0 spiro atoms. The van der Waals surface area contributed by atoms with E-state index in [2.05, 4.69) is 23.1 Å². The molecular formula is C22H31NO4. The Balaban J connectivity index is 1.49. The van der Waals surface area contributed by atoms with Crippen LogP contribution in [0.5, 0.6) is 5.75 Å². The van der Waals surface area contributed by atoms with Crippen LogP contribution in [0.15, 0.2) is 18.2 Å². The monoisotopic (exact) mass is 373 g/mol. The Labute approximate surface area is 162 Å². The average molecular weight is 373 g/mol. The summed E-state index contributed by atoms with van der Waals surface area (Å²) in [6.45, 7) is 2.08. The quantitative estimate of drug-likeness (QED) is 0.653. The third-order valence-electron chi connectivity index (χ3n) is 5.91. The highest BCUT2D eigenvalue weighted by atomic mass is 16.5. The van der Waals surface area contributed by atoms with E-state index in [-0.39, 0.29) is 18.1 Å². The smallest absolute Gasteiger partial charge is 0.252 e. The predicted octanol–water partition coefficient (Wildman–Crippen LogP) is 3.65. The van der Waals surface area contributed by atoms with Crippen LogP contribution >= 0.6 is 0 Å². The maximum atomic E-state index is 13.3. The van der Waals surface area contributed by atoms with Crippen LogP contribution in [0.2, 0.25) is 0 Å². The van der Waals surface area contributed by atoms with Crippen molar-refractivity contribution >= 4 is 5.91 Å². The molecule has 2 aliphatic carbocycles. The van der Waals surface area contributed by atoms with Gasteiger partial charge in [0, 0.05) is 32.8 Å². The second-order valence-electron chi connectivity index (χ2n) is 7.94. The number of rotatable bonds is 8. The van der Waals surface area contributed by atoms with E-state index in [9.17, 15) is 4.79 Å². The fourth-order valence-corrected chi connectivity index (χ4v) is 4.37. The Morgan fingerprint density at radius 3 is 2.81 bits per heavy atom. The maximum Gasteiger partial charge on any atom is 0.252 e. The predicted molar refractivity (Wildman–Crippen MR) is 103 cm³/mol. The molecule has 0 aromatic heterocycles. The van der Waals surface area contributed by atoms with E-state index in [1.165, 1.54) is 11.1 Å². The van der Waals surface area contributed by atoms with Crippen molar-refractivity contribution in [2.75, 3.05) is 26.9 Å². The second-order valence-corrected chi connectivity index (χ2v) is 7.94. The van der Waals surface area contributed by atoms with Crippen molar-refractivity contribution in [2.24, 2.45) is 0 Å². The summed E-state index contributed by atoms with van der Waals surface area (Å²) in [5, 5.41) is 0. The van der Waals surface area contributed by atoms with Crippen LogP contribution in [0.25, 0.3) is 0 Å². The first kappa shape index (κ1) is 18.8. The maximum absolute atomic E-state index is 13.3. The number of benzene rings is 1. The van der Waals surface area contributed by atoms with Crippen LogP contribution in [-0.4, -0.2) is 49.9 Å². The van der Waals surface area contributed by atoms with Gasteiger partial charge in [0.15, 0.2) is 0 Å². The lowest BCUT2D eigenvalue weighted by atomic mass is 10.0. The van der Waals surface area contributed by atoms with E-state index < -0.39 is 0 Å². The molecule has 1 heterocycles. The largest absolute Gasteiger partial charge is 0.493 e. The standard InChI is InChI=1S/C22H31NO4/c1-25-12-4-14-26-18-10-6-16-7-11-20(19(16)15-18)23(17-8-9-17)22(24)21-5-2-3-13-27-21/h6,10,15,17,20-21H,2-5,7-9,11-14H2,1H3/t20-,21+/m0/s1. The van der Waals surface area contributed by atoms with Gasteiger partial charge in [-0.3, -0.25) is 4.79 Å². The van der Waals surface area contributed by atoms with Crippen LogP contribution in [0.3, 0.4) is 0 Å². The van der Waals surface area contributed by atoms with Crippen molar-refractivity contribution in [3.63, 3.8) is 0 Å². The summed E-state index contributed by atoms with van der Waals surface area (Å²) >= 11 is 0. The summed E-state index contributed by atoms with van der Waals surface area (Å²) in [5.41, 5.74) is 2.63. The van der Waals surface area contributed by atoms with Gasteiger partial charge in [0.1, 0.15) is 11.9 Å². The van der Waals surface area contributed by atoms with Crippen LogP contribution in [0.1, 0.15) is 62.1 Å². The number of amides is 1. The lowest BCUT2D eigenvalue weighted by Gasteiger charge is -2.34. The Morgan fingerprint density at radius 1 is 1.19 bits per heavy atom. The first-order chi connectivity index (χ1) is 13.3. The molecule has 1 amide bonds. The third kappa shape index (κ3) is 4.30. The Morgan fingerprint density at radius 2 is 2.07 bits per heavy atom. The molecule has 1 aromatic rings. The van der Waals surface area contributed by atoms with E-state index in [1.54, 1.807) is 7.11 Å². The summed E-state index contributed by atoms with van der Waals surface area (Å²) in [6.07, 6.45) is 7.96. The topological polar surface area (TPSA) is 48.0 Å². The van der Waals surface area contributed by atoms with Crippen LogP contribution in [0.4, 0.5) is 0 Å². The van der Waals surface area contributed by atoms with Crippen LogP contribution in [-0.2, 0) is 20.7 Å². The number of carbonyl (C=O) groups excluding carboxylic acids is 1. The molecule has 1 saturated heterocycles. The second kappa shape index (κ2) is 8.61. The fourth-order valence-electron chi connectivity index (χ4n) is 4.37. The minimum atomic E-state index is -0.239. The van der Waals surface area contributed by atoms with Gasteiger partial charge >= 0.3 is 0 Å². The van der Waals surface area contributed by atoms with Crippen LogP contribution in [0, 0.1) is 0 Å². The van der Waals surface area contributed by atoms with Crippen molar-refractivity contribution in [1.29, 1.82) is 0 Å².